The molecular formula is C16H15N5O2. The predicted octanol–water partition coefficient (Wildman–Crippen LogP) is 1.38. The second kappa shape index (κ2) is 5.88. The summed E-state index contributed by atoms with van der Waals surface area (Å²) < 4.78 is 1.19. The van der Waals surface area contributed by atoms with Crippen LogP contribution in [0, 0.1) is 6.92 Å². The number of aryl methyl sites for hydroxylation is 1. The fourth-order valence-electron chi connectivity index (χ4n) is 2.26. The highest BCUT2D eigenvalue weighted by Crippen LogP contribution is 2.13. The Morgan fingerprint density at radius 3 is 2.78 bits per heavy atom. The van der Waals surface area contributed by atoms with Crippen molar-refractivity contribution in [3.8, 4) is 0 Å². The maximum absolute atomic E-state index is 12.4. The van der Waals surface area contributed by atoms with E-state index in [9.17, 15) is 9.59 Å². The fourth-order valence-corrected chi connectivity index (χ4v) is 2.26. The number of carbonyl (C=O) groups is 1. The molecule has 3 aromatic rings. The van der Waals surface area contributed by atoms with E-state index in [1.54, 1.807) is 13.0 Å². The van der Waals surface area contributed by atoms with Crippen LogP contribution in [0.1, 0.15) is 27.9 Å². The van der Waals surface area contributed by atoms with E-state index in [4.69, 9.17) is 0 Å². The lowest BCUT2D eigenvalue weighted by Crippen LogP contribution is -2.30. The van der Waals surface area contributed by atoms with Crippen molar-refractivity contribution in [2.24, 2.45) is 0 Å². The summed E-state index contributed by atoms with van der Waals surface area (Å²) in [6.45, 7) is 5.44. The van der Waals surface area contributed by atoms with Crippen molar-refractivity contribution < 1.29 is 4.79 Å². The van der Waals surface area contributed by atoms with Gasteiger partial charge in [0.1, 0.15) is 11.5 Å². The molecule has 1 atom stereocenters. The number of benzene rings is 1. The molecule has 0 spiro atoms. The number of aromatic nitrogens is 4. The van der Waals surface area contributed by atoms with E-state index in [2.05, 4.69) is 27.0 Å². The number of hydrogen-bond donors (Lipinski definition) is 2. The molecule has 0 radical (unpaired) electrons. The van der Waals surface area contributed by atoms with Crippen molar-refractivity contribution >= 4 is 11.7 Å². The molecule has 116 valence electrons. The summed E-state index contributed by atoms with van der Waals surface area (Å²) in [7, 11) is 0. The van der Waals surface area contributed by atoms with Gasteiger partial charge in [-0.05, 0) is 12.5 Å². The SMILES string of the molecule is C=CC(NC(=O)c1cc(=O)n2[nH]c(C)nc2n1)c1ccccc1. The third kappa shape index (κ3) is 2.89. The van der Waals surface area contributed by atoms with Crippen LogP contribution in [0.5, 0.6) is 0 Å². The van der Waals surface area contributed by atoms with Gasteiger partial charge in [0.15, 0.2) is 0 Å². The summed E-state index contributed by atoms with van der Waals surface area (Å²) >= 11 is 0. The molecule has 0 aliphatic rings. The molecule has 1 aromatic carbocycles. The zero-order chi connectivity index (χ0) is 16.4. The number of rotatable bonds is 4. The van der Waals surface area contributed by atoms with Crippen molar-refractivity contribution in [1.29, 1.82) is 0 Å². The maximum Gasteiger partial charge on any atom is 0.274 e. The zero-order valence-corrected chi connectivity index (χ0v) is 12.5. The highest BCUT2D eigenvalue weighted by Gasteiger charge is 2.16. The Hall–Kier alpha value is -3.22. The normalized spacial score (nSPS) is 12.0. The Morgan fingerprint density at radius 2 is 2.09 bits per heavy atom. The van der Waals surface area contributed by atoms with Crippen molar-refractivity contribution in [3.63, 3.8) is 0 Å². The van der Waals surface area contributed by atoms with E-state index in [1.807, 2.05) is 30.3 Å². The topological polar surface area (TPSA) is 92.2 Å². The van der Waals surface area contributed by atoms with Gasteiger partial charge in [0, 0.05) is 6.07 Å². The Balaban J connectivity index is 1.91. The van der Waals surface area contributed by atoms with E-state index in [1.165, 1.54) is 10.6 Å². The van der Waals surface area contributed by atoms with Gasteiger partial charge in [0.05, 0.1) is 6.04 Å². The molecule has 2 aromatic heterocycles. The summed E-state index contributed by atoms with van der Waals surface area (Å²) in [5.41, 5.74) is 0.518. The summed E-state index contributed by atoms with van der Waals surface area (Å²) in [6, 6.07) is 10.2. The number of carbonyl (C=O) groups excluding carboxylic acids is 1. The first-order chi connectivity index (χ1) is 11.1. The number of nitrogens with zero attached hydrogens (tertiary/aromatic N) is 3. The molecule has 1 unspecified atom stereocenters. The van der Waals surface area contributed by atoms with Gasteiger partial charge in [0.25, 0.3) is 17.2 Å². The third-order valence-corrected chi connectivity index (χ3v) is 3.36. The van der Waals surface area contributed by atoms with Crippen LogP contribution >= 0.6 is 0 Å². The van der Waals surface area contributed by atoms with Crippen LogP contribution in [0.4, 0.5) is 0 Å². The van der Waals surface area contributed by atoms with Crippen LogP contribution < -0.4 is 10.9 Å². The predicted molar refractivity (Wildman–Crippen MR) is 85.2 cm³/mol. The minimum Gasteiger partial charge on any atom is -0.340 e. The number of hydrogen-bond acceptors (Lipinski definition) is 4. The Labute approximate surface area is 131 Å². The molecular weight excluding hydrogens is 294 g/mol. The molecule has 0 aliphatic carbocycles. The van der Waals surface area contributed by atoms with E-state index < -0.39 is 11.5 Å². The second-order valence-electron chi connectivity index (χ2n) is 5.02. The lowest BCUT2D eigenvalue weighted by molar-refractivity contribution is 0.0939. The molecule has 3 rings (SSSR count). The highest BCUT2D eigenvalue weighted by atomic mass is 16.2. The van der Waals surface area contributed by atoms with Gasteiger partial charge < -0.3 is 5.32 Å². The van der Waals surface area contributed by atoms with E-state index in [0.29, 0.717) is 5.82 Å². The lowest BCUT2D eigenvalue weighted by Gasteiger charge is -2.14. The monoisotopic (exact) mass is 309 g/mol. The number of H-pyrrole nitrogens is 1. The van der Waals surface area contributed by atoms with Crippen LogP contribution in [0.25, 0.3) is 5.78 Å². The molecule has 23 heavy (non-hydrogen) atoms. The van der Waals surface area contributed by atoms with Gasteiger partial charge in [-0.15, -0.1) is 6.58 Å². The van der Waals surface area contributed by atoms with Gasteiger partial charge >= 0.3 is 0 Å². The first kappa shape index (κ1) is 14.7. The standard InChI is InChI=1S/C16H15N5O2/c1-3-12(11-7-5-4-6-8-11)18-15(23)13-9-14(22)21-16(19-13)17-10(2)20-21/h3-9,12H,1H2,2H3,(H,18,23)(H,17,19,20). The molecule has 7 nitrogen and oxygen atoms in total. The molecule has 1 amide bonds. The van der Waals surface area contributed by atoms with Gasteiger partial charge in [-0.2, -0.15) is 9.50 Å². The van der Waals surface area contributed by atoms with Crippen molar-refractivity contribution in [1.82, 2.24) is 24.9 Å². The maximum atomic E-state index is 12.4. The third-order valence-electron chi connectivity index (χ3n) is 3.36. The van der Waals surface area contributed by atoms with Gasteiger partial charge in [-0.3, -0.25) is 14.7 Å². The van der Waals surface area contributed by atoms with E-state index in [0.717, 1.165) is 5.56 Å². The Bertz CT molecular complexity index is 927. The van der Waals surface area contributed by atoms with E-state index in [-0.39, 0.29) is 17.5 Å². The molecule has 0 fully saturated rings. The molecule has 7 heteroatoms. The smallest absolute Gasteiger partial charge is 0.274 e. The summed E-state index contributed by atoms with van der Waals surface area (Å²) in [6.07, 6.45) is 1.62. The van der Waals surface area contributed by atoms with Gasteiger partial charge in [-0.1, -0.05) is 36.4 Å². The van der Waals surface area contributed by atoms with Crippen LogP contribution in [0.3, 0.4) is 0 Å². The second-order valence-corrected chi connectivity index (χ2v) is 5.02. The molecule has 0 bridgehead atoms. The zero-order valence-electron chi connectivity index (χ0n) is 12.5. The van der Waals surface area contributed by atoms with Crippen LogP contribution in [-0.4, -0.2) is 25.5 Å². The van der Waals surface area contributed by atoms with E-state index >= 15 is 0 Å². The summed E-state index contributed by atoms with van der Waals surface area (Å²) in [4.78, 5) is 32.6. The average molecular weight is 309 g/mol. The minimum absolute atomic E-state index is 0.0179. The Kier molecular flexibility index (Phi) is 3.76. The first-order valence-corrected chi connectivity index (χ1v) is 7.03. The van der Waals surface area contributed by atoms with Crippen LogP contribution in [0.15, 0.2) is 53.8 Å². The molecule has 2 heterocycles. The molecule has 0 aliphatic heterocycles. The van der Waals surface area contributed by atoms with Gasteiger partial charge in [-0.25, -0.2) is 4.98 Å². The molecule has 2 N–H and O–H groups in total. The van der Waals surface area contributed by atoms with Crippen LogP contribution in [0.2, 0.25) is 0 Å². The van der Waals surface area contributed by atoms with Crippen molar-refractivity contribution in [3.05, 3.63) is 76.5 Å². The lowest BCUT2D eigenvalue weighted by atomic mass is 10.1. The number of amides is 1. The largest absolute Gasteiger partial charge is 0.340 e. The number of fused-ring (bicyclic) bond motifs is 1. The van der Waals surface area contributed by atoms with Crippen molar-refractivity contribution in [2.45, 2.75) is 13.0 Å². The molecule has 0 saturated heterocycles. The summed E-state index contributed by atoms with van der Waals surface area (Å²) in [5, 5.41) is 5.55. The van der Waals surface area contributed by atoms with Gasteiger partial charge in [0.2, 0.25) is 0 Å². The van der Waals surface area contributed by atoms with Crippen molar-refractivity contribution in [2.75, 3.05) is 0 Å². The number of nitrogens with one attached hydrogen (secondary N) is 2. The van der Waals surface area contributed by atoms with Crippen LogP contribution in [-0.2, 0) is 0 Å². The Morgan fingerprint density at radius 1 is 1.35 bits per heavy atom. The summed E-state index contributed by atoms with van der Waals surface area (Å²) in [5.74, 6) is 0.245. The quantitative estimate of drug-likeness (QED) is 0.712. The minimum atomic E-state index is -0.459. The number of aromatic amines is 1. The molecule has 0 saturated carbocycles. The first-order valence-electron chi connectivity index (χ1n) is 7.03. The highest BCUT2D eigenvalue weighted by molar-refractivity contribution is 5.93. The fraction of sp³-hybridized carbons (Fsp3) is 0.125. The average Bonchev–Trinajstić information content (AvgIpc) is 2.94.